The number of amidine groups is 1. The van der Waals surface area contributed by atoms with Crippen molar-refractivity contribution in [3.8, 4) is 0 Å². The van der Waals surface area contributed by atoms with E-state index < -0.39 is 5.54 Å². The Morgan fingerprint density at radius 2 is 2.23 bits per heavy atom. The van der Waals surface area contributed by atoms with Gasteiger partial charge < -0.3 is 11.1 Å². The molecule has 6 nitrogen and oxygen atoms in total. The summed E-state index contributed by atoms with van der Waals surface area (Å²) in [6.07, 6.45) is 0.675. The van der Waals surface area contributed by atoms with Gasteiger partial charge >= 0.3 is 0 Å². The van der Waals surface area contributed by atoms with Crippen LogP contribution in [-0.2, 0) is 12.1 Å². The molecule has 1 atom stereocenters. The molecule has 1 aliphatic heterocycles. The number of halogens is 1. The van der Waals surface area contributed by atoms with Gasteiger partial charge in [-0.05, 0) is 51.5 Å². The first-order valence-corrected chi connectivity index (χ1v) is 9.45. The van der Waals surface area contributed by atoms with Crippen molar-refractivity contribution in [1.82, 2.24) is 9.78 Å². The zero-order valence-corrected chi connectivity index (χ0v) is 15.9. The molecule has 2 aromatic rings. The van der Waals surface area contributed by atoms with Gasteiger partial charge in [-0.15, -0.1) is 0 Å². The fourth-order valence-corrected chi connectivity index (χ4v) is 4.04. The van der Waals surface area contributed by atoms with Crippen LogP contribution >= 0.6 is 11.8 Å². The van der Waals surface area contributed by atoms with Crippen molar-refractivity contribution >= 4 is 28.5 Å². The van der Waals surface area contributed by atoms with Gasteiger partial charge in [0, 0.05) is 23.5 Å². The number of hydrogen-bond acceptors (Lipinski definition) is 5. The lowest BCUT2D eigenvalue weighted by Gasteiger charge is -2.30. The number of aliphatic imine (C=N–C) groups is 1. The third-order valence-corrected chi connectivity index (χ3v) is 5.23. The van der Waals surface area contributed by atoms with Crippen LogP contribution < -0.4 is 11.1 Å². The van der Waals surface area contributed by atoms with Crippen LogP contribution in [0, 0.1) is 12.7 Å². The topological polar surface area (TPSA) is 85.3 Å². The molecular formula is C18H22FN5OS. The molecule has 1 amide bonds. The van der Waals surface area contributed by atoms with E-state index >= 15 is 0 Å². The van der Waals surface area contributed by atoms with Crippen LogP contribution in [0.4, 0.5) is 10.1 Å². The number of aryl methyl sites for hydroxylation is 2. The Morgan fingerprint density at radius 3 is 2.92 bits per heavy atom. The van der Waals surface area contributed by atoms with E-state index in [1.54, 1.807) is 22.9 Å². The summed E-state index contributed by atoms with van der Waals surface area (Å²) in [4.78, 5) is 17.0. The molecule has 8 heteroatoms. The number of amides is 1. The second-order valence-corrected chi connectivity index (χ2v) is 7.57. The van der Waals surface area contributed by atoms with Crippen LogP contribution in [-0.4, -0.2) is 26.6 Å². The summed E-state index contributed by atoms with van der Waals surface area (Å²) < 4.78 is 16.1. The van der Waals surface area contributed by atoms with E-state index in [0.717, 1.165) is 11.4 Å². The quantitative estimate of drug-likeness (QED) is 0.859. The molecule has 0 fully saturated rings. The Kier molecular flexibility index (Phi) is 5.04. The number of thioether (sulfide) groups is 1. The SMILES string of the molecule is CCn1nc(C)cc1C(=O)Nc1ccc(F)c(C2(C)CCSC(N)=N2)c1. The molecule has 0 aliphatic carbocycles. The van der Waals surface area contributed by atoms with Gasteiger partial charge in [0.15, 0.2) is 5.17 Å². The lowest BCUT2D eigenvalue weighted by Crippen LogP contribution is -2.30. The standard InChI is InChI=1S/C18H22FN5OS/c1-4-24-15(9-11(2)23-24)16(25)21-12-5-6-14(19)13(10-12)18(3)7-8-26-17(20)22-18/h5-6,9-10H,4,7-8H2,1-3H3,(H2,20,22)(H,21,25). The molecule has 1 aliphatic rings. The summed E-state index contributed by atoms with van der Waals surface area (Å²) in [5, 5.41) is 7.56. The second-order valence-electron chi connectivity index (χ2n) is 6.46. The number of anilines is 1. The highest BCUT2D eigenvalue weighted by Gasteiger charge is 2.32. The van der Waals surface area contributed by atoms with Crippen molar-refractivity contribution in [2.45, 2.75) is 39.3 Å². The van der Waals surface area contributed by atoms with E-state index in [1.165, 1.54) is 17.8 Å². The van der Waals surface area contributed by atoms with Gasteiger partial charge in [-0.2, -0.15) is 5.10 Å². The Morgan fingerprint density at radius 1 is 1.46 bits per heavy atom. The smallest absolute Gasteiger partial charge is 0.273 e. The maximum Gasteiger partial charge on any atom is 0.273 e. The average molecular weight is 375 g/mol. The number of nitrogens with one attached hydrogen (secondary N) is 1. The lowest BCUT2D eigenvalue weighted by molar-refractivity contribution is 0.101. The zero-order chi connectivity index (χ0) is 18.9. The van der Waals surface area contributed by atoms with Crippen molar-refractivity contribution in [2.24, 2.45) is 10.7 Å². The number of benzene rings is 1. The number of carbonyl (C=O) groups is 1. The minimum atomic E-state index is -0.734. The van der Waals surface area contributed by atoms with Crippen LogP contribution in [0.3, 0.4) is 0 Å². The predicted octanol–water partition coefficient (Wildman–Crippen LogP) is 3.27. The second kappa shape index (κ2) is 7.11. The van der Waals surface area contributed by atoms with E-state index in [4.69, 9.17) is 5.73 Å². The lowest BCUT2D eigenvalue weighted by atomic mass is 9.89. The summed E-state index contributed by atoms with van der Waals surface area (Å²) in [6, 6.07) is 6.27. The van der Waals surface area contributed by atoms with Gasteiger partial charge in [0.1, 0.15) is 11.5 Å². The molecule has 0 bridgehead atoms. The third kappa shape index (κ3) is 3.60. The van der Waals surface area contributed by atoms with Gasteiger partial charge in [0.05, 0.1) is 11.2 Å². The number of hydrogen-bond donors (Lipinski definition) is 2. The average Bonchev–Trinajstić information content (AvgIpc) is 2.97. The summed E-state index contributed by atoms with van der Waals surface area (Å²) in [5.41, 5.74) is 7.29. The molecule has 3 rings (SSSR count). The molecule has 3 N–H and O–H groups in total. The highest BCUT2D eigenvalue weighted by molar-refractivity contribution is 8.13. The fraction of sp³-hybridized carbons (Fsp3) is 0.389. The predicted molar refractivity (Wildman–Crippen MR) is 103 cm³/mol. The van der Waals surface area contributed by atoms with Crippen LogP contribution in [0.15, 0.2) is 29.3 Å². The van der Waals surface area contributed by atoms with Crippen molar-refractivity contribution in [3.63, 3.8) is 0 Å². The van der Waals surface area contributed by atoms with Crippen LogP contribution in [0.5, 0.6) is 0 Å². The van der Waals surface area contributed by atoms with E-state index in [1.807, 2.05) is 20.8 Å². The number of nitrogens with two attached hydrogens (primary N) is 1. The van der Waals surface area contributed by atoms with Gasteiger partial charge in [-0.1, -0.05) is 11.8 Å². The maximum atomic E-state index is 14.5. The largest absolute Gasteiger partial charge is 0.379 e. The third-order valence-electron chi connectivity index (χ3n) is 4.43. The highest BCUT2D eigenvalue weighted by atomic mass is 32.2. The number of carbonyl (C=O) groups excluding carboxylic acids is 1. The molecule has 1 aromatic carbocycles. The Hall–Kier alpha value is -2.35. The first-order chi connectivity index (χ1) is 12.3. The fourth-order valence-electron chi connectivity index (χ4n) is 3.06. The van der Waals surface area contributed by atoms with E-state index in [9.17, 15) is 9.18 Å². The van der Waals surface area contributed by atoms with Crippen molar-refractivity contribution in [2.75, 3.05) is 11.1 Å². The number of rotatable bonds is 4. The van der Waals surface area contributed by atoms with E-state index in [-0.39, 0.29) is 11.7 Å². The zero-order valence-electron chi connectivity index (χ0n) is 15.0. The molecule has 1 unspecified atom stereocenters. The molecule has 0 radical (unpaired) electrons. The monoisotopic (exact) mass is 375 g/mol. The van der Waals surface area contributed by atoms with Crippen LogP contribution in [0.25, 0.3) is 0 Å². The maximum absolute atomic E-state index is 14.5. The summed E-state index contributed by atoms with van der Waals surface area (Å²) in [5.74, 6) is 0.136. The first-order valence-electron chi connectivity index (χ1n) is 8.46. The van der Waals surface area contributed by atoms with Gasteiger partial charge in [-0.25, -0.2) is 4.39 Å². The molecule has 0 saturated carbocycles. The summed E-state index contributed by atoms with van der Waals surface area (Å²) in [7, 11) is 0. The molecule has 0 saturated heterocycles. The van der Waals surface area contributed by atoms with Gasteiger partial charge in [0.25, 0.3) is 5.91 Å². The Labute approximate surface area is 156 Å². The Bertz CT molecular complexity index is 878. The number of aromatic nitrogens is 2. The molecular weight excluding hydrogens is 353 g/mol. The van der Waals surface area contributed by atoms with Crippen molar-refractivity contribution < 1.29 is 9.18 Å². The molecule has 1 aromatic heterocycles. The van der Waals surface area contributed by atoms with Crippen molar-refractivity contribution in [3.05, 3.63) is 47.0 Å². The summed E-state index contributed by atoms with van der Waals surface area (Å²) >= 11 is 1.47. The van der Waals surface area contributed by atoms with Crippen molar-refractivity contribution in [1.29, 1.82) is 0 Å². The van der Waals surface area contributed by atoms with Gasteiger partial charge in [0.2, 0.25) is 0 Å². The minimum Gasteiger partial charge on any atom is -0.379 e. The Balaban J connectivity index is 1.90. The van der Waals surface area contributed by atoms with Crippen LogP contribution in [0.2, 0.25) is 0 Å². The normalized spacial score (nSPS) is 19.9. The van der Waals surface area contributed by atoms with E-state index in [0.29, 0.717) is 35.1 Å². The highest BCUT2D eigenvalue weighted by Crippen LogP contribution is 2.37. The van der Waals surface area contributed by atoms with Crippen LogP contribution in [0.1, 0.15) is 42.0 Å². The van der Waals surface area contributed by atoms with E-state index in [2.05, 4.69) is 15.4 Å². The molecule has 2 heterocycles. The minimum absolute atomic E-state index is 0.280. The molecule has 0 spiro atoms. The summed E-state index contributed by atoms with van der Waals surface area (Å²) in [6.45, 7) is 6.21. The van der Waals surface area contributed by atoms with Gasteiger partial charge in [-0.3, -0.25) is 14.5 Å². The molecule has 138 valence electrons. The number of nitrogens with zero attached hydrogens (tertiary/aromatic N) is 3. The molecule has 26 heavy (non-hydrogen) atoms. The first kappa shape index (κ1) is 18.4.